The van der Waals surface area contributed by atoms with Gasteiger partial charge in [-0.2, -0.15) is 0 Å². The van der Waals surface area contributed by atoms with Gasteiger partial charge in [-0.15, -0.1) is 11.3 Å². The average Bonchev–Trinajstić information content (AvgIpc) is 3.33. The number of carbonyl (C=O) groups is 1. The molecule has 1 aliphatic carbocycles. The van der Waals surface area contributed by atoms with Crippen LogP contribution in [0.25, 0.3) is 16.5 Å². The van der Waals surface area contributed by atoms with Crippen LogP contribution in [0.5, 0.6) is 0 Å². The molecule has 1 aliphatic rings. The Bertz CT molecular complexity index is 869. The van der Waals surface area contributed by atoms with Crippen LogP contribution < -0.4 is 34.7 Å². The smallest absolute Gasteiger partial charge is 0.550 e. The Kier molecular flexibility index (Phi) is 10.5. The van der Waals surface area contributed by atoms with E-state index in [1.54, 1.807) is 6.08 Å². The van der Waals surface area contributed by atoms with E-state index in [0.717, 1.165) is 0 Å². The van der Waals surface area contributed by atoms with E-state index in [0.29, 0.717) is 11.8 Å². The van der Waals surface area contributed by atoms with Crippen LogP contribution in [0.1, 0.15) is 80.2 Å². The predicted octanol–water partition coefficient (Wildman–Crippen LogP) is 1.47. The number of carbonyl (C=O) groups excluding carboxylic acids is 1. The second-order valence-corrected chi connectivity index (χ2v) is 9.57. The van der Waals surface area contributed by atoms with Crippen LogP contribution in [0.2, 0.25) is 0 Å². The molecule has 1 heterocycles. The van der Waals surface area contributed by atoms with E-state index >= 15 is 0 Å². The number of carboxylic acid groups (broad SMARTS) is 1. The summed E-state index contributed by atoms with van der Waals surface area (Å²) in [4.78, 5) is 13.3. The van der Waals surface area contributed by atoms with E-state index in [1.807, 2.05) is 23.5 Å². The third-order valence-electron chi connectivity index (χ3n) is 5.74. The number of thiophene rings is 1. The molecule has 1 fully saturated rings. The number of carboxylic acids is 1. The Labute approximate surface area is 211 Å². The summed E-state index contributed by atoms with van der Waals surface area (Å²) in [6.07, 6.45) is 6.03. The largest absolute Gasteiger partial charge is 1.00 e. The fourth-order valence-electron chi connectivity index (χ4n) is 4.34. The summed E-state index contributed by atoms with van der Waals surface area (Å²) in [5.41, 5.74) is 3.80. The standard InChI is InChI=1S/C25H32O4S.Na/c1-16(2)24-21(13-12-19(26)14-20(27)15-22(28)29)23(17-8-6-7-9-17)25(30-24)18-10-4-3-5-11-18;/h3-5,10-13,16-17,19-20,26-27H,6-9,14-15H2,1-2H3,(H,28,29);/q;+1/p-1/b13-12+;/t19-,20-;/m1./s1. The molecule has 0 amide bonds. The summed E-state index contributed by atoms with van der Waals surface area (Å²) in [6, 6.07) is 10.5. The monoisotopic (exact) mass is 450 g/mol. The number of aliphatic hydroxyl groups is 2. The van der Waals surface area contributed by atoms with Crippen LogP contribution in [0.3, 0.4) is 0 Å². The molecule has 1 aromatic heterocycles. The first-order valence-electron chi connectivity index (χ1n) is 10.8. The fraction of sp³-hybridized carbons (Fsp3) is 0.480. The normalized spacial score (nSPS) is 16.5. The van der Waals surface area contributed by atoms with Gasteiger partial charge in [-0.1, -0.05) is 69.2 Å². The maximum atomic E-state index is 10.6. The van der Waals surface area contributed by atoms with Crippen molar-refractivity contribution >= 4 is 23.4 Å². The molecule has 0 radical (unpaired) electrons. The molecule has 6 heteroatoms. The molecule has 1 aromatic carbocycles. The van der Waals surface area contributed by atoms with Gasteiger partial charge in [-0.3, -0.25) is 0 Å². The maximum Gasteiger partial charge on any atom is 1.00 e. The SMILES string of the molecule is CC(C)c1sc(-c2ccccc2)c(C2CCCC2)c1/C=C/[C@@H](O)C[C@@H](O)CC(=O)[O-].[Na+]. The molecular formula is C25H31NaO4S. The molecule has 2 N–H and O–H groups in total. The number of aliphatic carboxylic acids is 1. The van der Waals surface area contributed by atoms with Gasteiger partial charge in [0, 0.05) is 28.6 Å². The Morgan fingerprint density at radius 3 is 2.42 bits per heavy atom. The molecule has 3 rings (SSSR count). The molecule has 2 aromatic rings. The zero-order valence-electron chi connectivity index (χ0n) is 18.7. The van der Waals surface area contributed by atoms with Crippen LogP contribution in [-0.4, -0.2) is 28.4 Å². The van der Waals surface area contributed by atoms with Crippen molar-refractivity contribution in [1.29, 1.82) is 0 Å². The predicted molar refractivity (Wildman–Crippen MR) is 120 cm³/mol. The van der Waals surface area contributed by atoms with Gasteiger partial charge >= 0.3 is 29.6 Å². The molecule has 0 bridgehead atoms. The first-order valence-corrected chi connectivity index (χ1v) is 11.6. The van der Waals surface area contributed by atoms with Crippen LogP contribution in [0.4, 0.5) is 0 Å². The number of rotatable bonds is 9. The summed E-state index contributed by atoms with van der Waals surface area (Å²) >= 11 is 1.84. The number of hydrogen-bond donors (Lipinski definition) is 2. The van der Waals surface area contributed by atoms with Crippen molar-refractivity contribution in [2.24, 2.45) is 0 Å². The van der Waals surface area contributed by atoms with Crippen molar-refractivity contribution in [2.75, 3.05) is 0 Å². The first-order chi connectivity index (χ1) is 14.4. The minimum atomic E-state index is -1.31. The summed E-state index contributed by atoms with van der Waals surface area (Å²) in [7, 11) is 0. The van der Waals surface area contributed by atoms with Crippen molar-refractivity contribution in [2.45, 2.75) is 76.4 Å². The van der Waals surface area contributed by atoms with Gasteiger partial charge in [0.1, 0.15) is 0 Å². The quantitative estimate of drug-likeness (QED) is 0.567. The van der Waals surface area contributed by atoms with Crippen LogP contribution in [-0.2, 0) is 4.79 Å². The zero-order valence-corrected chi connectivity index (χ0v) is 21.5. The maximum absolute atomic E-state index is 10.6. The van der Waals surface area contributed by atoms with Crippen molar-refractivity contribution in [1.82, 2.24) is 0 Å². The van der Waals surface area contributed by atoms with Gasteiger partial charge in [0.15, 0.2) is 0 Å². The third-order valence-corrected chi connectivity index (χ3v) is 7.31. The third kappa shape index (κ3) is 7.01. The Morgan fingerprint density at radius 2 is 1.84 bits per heavy atom. The number of aliphatic hydroxyl groups excluding tert-OH is 2. The Balaban J connectivity index is 0.00000341. The van der Waals surface area contributed by atoms with Crippen molar-refractivity contribution in [3.63, 3.8) is 0 Å². The van der Waals surface area contributed by atoms with Gasteiger partial charge in [-0.05, 0) is 41.4 Å². The van der Waals surface area contributed by atoms with Gasteiger partial charge in [0.05, 0.1) is 12.2 Å². The number of benzene rings is 1. The summed E-state index contributed by atoms with van der Waals surface area (Å²) < 4.78 is 0. The van der Waals surface area contributed by atoms with Gasteiger partial charge in [0.25, 0.3) is 0 Å². The minimum absolute atomic E-state index is 0. The second kappa shape index (κ2) is 12.3. The topological polar surface area (TPSA) is 80.6 Å². The van der Waals surface area contributed by atoms with Crippen LogP contribution >= 0.6 is 11.3 Å². The van der Waals surface area contributed by atoms with Gasteiger partial charge in [0.2, 0.25) is 0 Å². The van der Waals surface area contributed by atoms with E-state index in [2.05, 4.69) is 38.1 Å². The van der Waals surface area contributed by atoms with Crippen molar-refractivity contribution in [3.05, 3.63) is 52.4 Å². The average molecular weight is 451 g/mol. The molecule has 2 atom stereocenters. The Hall–Kier alpha value is -0.950. The van der Waals surface area contributed by atoms with Crippen molar-refractivity contribution < 1.29 is 49.7 Å². The first kappa shape index (κ1) is 26.3. The van der Waals surface area contributed by atoms with Crippen LogP contribution in [0.15, 0.2) is 36.4 Å². The van der Waals surface area contributed by atoms with Crippen molar-refractivity contribution in [3.8, 4) is 10.4 Å². The molecule has 0 aliphatic heterocycles. The summed E-state index contributed by atoms with van der Waals surface area (Å²) in [5, 5.41) is 30.8. The molecule has 4 nitrogen and oxygen atoms in total. The van der Waals surface area contributed by atoms with E-state index in [4.69, 9.17) is 0 Å². The van der Waals surface area contributed by atoms with Gasteiger partial charge < -0.3 is 20.1 Å². The van der Waals surface area contributed by atoms with Crippen LogP contribution in [0, 0.1) is 0 Å². The fourth-order valence-corrected chi connectivity index (χ4v) is 5.72. The summed E-state index contributed by atoms with van der Waals surface area (Å²) in [6.45, 7) is 4.38. The van der Waals surface area contributed by atoms with E-state index < -0.39 is 24.6 Å². The molecule has 1 saturated carbocycles. The minimum Gasteiger partial charge on any atom is -0.550 e. The molecule has 0 saturated heterocycles. The second-order valence-electron chi connectivity index (χ2n) is 8.52. The van der Waals surface area contributed by atoms with E-state index in [9.17, 15) is 20.1 Å². The van der Waals surface area contributed by atoms with Gasteiger partial charge in [-0.25, -0.2) is 0 Å². The molecule has 31 heavy (non-hydrogen) atoms. The molecular weight excluding hydrogens is 419 g/mol. The molecule has 0 unspecified atom stereocenters. The summed E-state index contributed by atoms with van der Waals surface area (Å²) in [5.74, 6) is -0.438. The molecule has 162 valence electrons. The Morgan fingerprint density at radius 1 is 1.19 bits per heavy atom. The number of hydrogen-bond acceptors (Lipinski definition) is 5. The molecule has 0 spiro atoms. The van der Waals surface area contributed by atoms with E-state index in [1.165, 1.54) is 52.1 Å². The van der Waals surface area contributed by atoms with E-state index in [-0.39, 0.29) is 36.0 Å². The zero-order chi connectivity index (χ0) is 21.7.